The van der Waals surface area contributed by atoms with Gasteiger partial charge in [0.1, 0.15) is 0 Å². The third-order valence-corrected chi connectivity index (χ3v) is 1.99. The lowest BCUT2D eigenvalue weighted by molar-refractivity contribution is 1.22. The summed E-state index contributed by atoms with van der Waals surface area (Å²) >= 11 is 0. The largest absolute Gasteiger partial charge is 0.358 e. The highest BCUT2D eigenvalue weighted by Crippen LogP contribution is 2.19. The van der Waals surface area contributed by atoms with Crippen molar-refractivity contribution in [2.75, 3.05) is 0 Å². The van der Waals surface area contributed by atoms with Crippen LogP contribution in [0.5, 0.6) is 0 Å². The molecule has 1 rings (SSSR count). The number of H-pyrrole nitrogens is 1. The second kappa shape index (κ2) is 2.79. The summed E-state index contributed by atoms with van der Waals surface area (Å²) in [6, 6.07) is 0. The van der Waals surface area contributed by atoms with Gasteiger partial charge in [0.2, 0.25) is 0 Å². The van der Waals surface area contributed by atoms with Crippen LogP contribution in [0.15, 0.2) is 13.2 Å². The number of rotatable bonds is 2. The molecule has 0 fully saturated rings. The van der Waals surface area contributed by atoms with Crippen LogP contribution in [-0.4, -0.2) is 4.98 Å². The first-order chi connectivity index (χ1) is 5.20. The second-order valence-corrected chi connectivity index (χ2v) is 2.61. The smallest absolute Gasteiger partial charge is 0.0452 e. The van der Waals surface area contributed by atoms with Crippen LogP contribution in [0.2, 0.25) is 0 Å². The van der Waals surface area contributed by atoms with Crippen LogP contribution < -0.4 is 0 Å². The van der Waals surface area contributed by atoms with Gasteiger partial charge in [-0.15, -0.1) is 0 Å². The molecule has 11 heavy (non-hydrogen) atoms. The first-order valence-corrected chi connectivity index (χ1v) is 3.64. The molecule has 1 aromatic heterocycles. The summed E-state index contributed by atoms with van der Waals surface area (Å²) in [5.74, 6) is 0. The molecule has 0 amide bonds. The van der Waals surface area contributed by atoms with E-state index in [-0.39, 0.29) is 0 Å². The van der Waals surface area contributed by atoms with Crippen molar-refractivity contribution in [2.45, 2.75) is 13.8 Å². The Bertz CT molecular complexity index is 292. The molecule has 0 unspecified atom stereocenters. The van der Waals surface area contributed by atoms with Gasteiger partial charge < -0.3 is 4.98 Å². The van der Waals surface area contributed by atoms with Crippen molar-refractivity contribution in [3.8, 4) is 0 Å². The topological polar surface area (TPSA) is 15.8 Å². The second-order valence-electron chi connectivity index (χ2n) is 2.61. The Morgan fingerprint density at radius 1 is 1.18 bits per heavy atom. The number of aromatic nitrogens is 1. The van der Waals surface area contributed by atoms with Gasteiger partial charge in [0.05, 0.1) is 0 Å². The lowest BCUT2D eigenvalue weighted by atomic mass is 10.1. The minimum atomic E-state index is 1.06. The monoisotopic (exact) mass is 147 g/mol. The fourth-order valence-electron chi connectivity index (χ4n) is 1.19. The maximum Gasteiger partial charge on any atom is 0.0452 e. The van der Waals surface area contributed by atoms with Gasteiger partial charge in [0.25, 0.3) is 0 Å². The van der Waals surface area contributed by atoms with Gasteiger partial charge in [-0.05, 0) is 25.5 Å². The predicted octanol–water partition coefficient (Wildman–Crippen LogP) is 2.92. The number of hydrogen-bond acceptors (Lipinski definition) is 0. The van der Waals surface area contributed by atoms with Crippen molar-refractivity contribution >= 4 is 12.2 Å². The van der Waals surface area contributed by atoms with Crippen molar-refractivity contribution in [3.05, 3.63) is 35.7 Å². The summed E-state index contributed by atoms with van der Waals surface area (Å²) in [5.41, 5.74) is 4.68. The average Bonchev–Trinajstić information content (AvgIpc) is 2.28. The molecule has 0 radical (unpaired) electrons. The highest BCUT2D eigenvalue weighted by Gasteiger charge is 2.04. The number of hydrogen-bond donors (Lipinski definition) is 1. The van der Waals surface area contributed by atoms with E-state index in [0.717, 1.165) is 11.3 Å². The minimum Gasteiger partial charge on any atom is -0.358 e. The molecule has 1 aromatic rings. The average molecular weight is 147 g/mol. The summed E-state index contributed by atoms with van der Waals surface area (Å²) in [5, 5.41) is 0. The lowest BCUT2D eigenvalue weighted by Crippen LogP contribution is -1.74. The Labute approximate surface area is 67.5 Å². The Morgan fingerprint density at radius 3 is 2.18 bits per heavy atom. The molecule has 0 aliphatic heterocycles. The summed E-state index contributed by atoms with van der Waals surface area (Å²) in [4.78, 5) is 3.22. The molecule has 0 aromatic carbocycles. The molecule has 1 nitrogen and oxygen atoms in total. The van der Waals surface area contributed by atoms with E-state index in [0.29, 0.717) is 0 Å². The molecule has 0 aliphatic carbocycles. The Balaban J connectivity index is 3.37. The van der Waals surface area contributed by atoms with Crippen molar-refractivity contribution in [1.29, 1.82) is 0 Å². The molecule has 0 spiro atoms. The van der Waals surface area contributed by atoms with E-state index in [1.54, 1.807) is 0 Å². The van der Waals surface area contributed by atoms with Gasteiger partial charge in [0, 0.05) is 17.0 Å². The number of aryl methyl sites for hydroxylation is 1. The zero-order valence-electron chi connectivity index (χ0n) is 7.07. The molecule has 0 saturated heterocycles. The zero-order chi connectivity index (χ0) is 8.43. The Morgan fingerprint density at radius 2 is 1.82 bits per heavy atom. The predicted molar refractivity (Wildman–Crippen MR) is 50.4 cm³/mol. The summed E-state index contributed by atoms with van der Waals surface area (Å²) in [7, 11) is 0. The molecule has 58 valence electrons. The van der Waals surface area contributed by atoms with Crippen molar-refractivity contribution in [3.63, 3.8) is 0 Å². The van der Waals surface area contributed by atoms with Crippen LogP contribution in [0, 0.1) is 13.8 Å². The standard InChI is InChI=1S/C10H13N/c1-5-9-7(3)8(4)11-10(9)6-2/h5-6,11H,1-2H2,3-4H3. The fourth-order valence-corrected chi connectivity index (χ4v) is 1.19. The van der Waals surface area contributed by atoms with Gasteiger partial charge in [-0.2, -0.15) is 0 Å². The van der Waals surface area contributed by atoms with Crippen LogP contribution in [-0.2, 0) is 0 Å². The first-order valence-electron chi connectivity index (χ1n) is 3.64. The number of aromatic amines is 1. The summed E-state index contributed by atoms with van der Waals surface area (Å²) in [6.45, 7) is 11.6. The maximum absolute atomic E-state index is 3.75. The third kappa shape index (κ3) is 1.14. The van der Waals surface area contributed by atoms with Crippen LogP contribution in [0.25, 0.3) is 12.2 Å². The van der Waals surface area contributed by atoms with Gasteiger partial charge in [0.15, 0.2) is 0 Å². The third-order valence-electron chi connectivity index (χ3n) is 1.99. The van der Waals surface area contributed by atoms with E-state index in [1.807, 2.05) is 12.2 Å². The van der Waals surface area contributed by atoms with Gasteiger partial charge in [-0.3, -0.25) is 0 Å². The van der Waals surface area contributed by atoms with Gasteiger partial charge in [-0.25, -0.2) is 0 Å². The van der Waals surface area contributed by atoms with Crippen LogP contribution in [0.3, 0.4) is 0 Å². The fraction of sp³-hybridized carbons (Fsp3) is 0.200. The maximum atomic E-state index is 3.75. The molecule has 0 aliphatic rings. The van der Waals surface area contributed by atoms with Crippen molar-refractivity contribution in [2.24, 2.45) is 0 Å². The van der Waals surface area contributed by atoms with Crippen LogP contribution >= 0.6 is 0 Å². The zero-order valence-corrected chi connectivity index (χ0v) is 7.07. The molecule has 0 atom stereocenters. The van der Waals surface area contributed by atoms with Crippen molar-refractivity contribution in [1.82, 2.24) is 4.98 Å². The summed E-state index contributed by atoms with van der Waals surface area (Å²) in [6.07, 6.45) is 3.67. The first kappa shape index (κ1) is 7.86. The van der Waals surface area contributed by atoms with Crippen molar-refractivity contribution < 1.29 is 0 Å². The normalized spacial score (nSPS) is 9.64. The Kier molecular flexibility index (Phi) is 1.99. The van der Waals surface area contributed by atoms with Gasteiger partial charge in [-0.1, -0.05) is 19.2 Å². The molecule has 0 bridgehead atoms. The van der Waals surface area contributed by atoms with E-state index in [2.05, 4.69) is 32.0 Å². The quantitative estimate of drug-likeness (QED) is 0.662. The molecular formula is C10H13N. The lowest BCUT2D eigenvalue weighted by Gasteiger charge is -1.91. The summed E-state index contributed by atoms with van der Waals surface area (Å²) < 4.78 is 0. The Hall–Kier alpha value is -1.24. The minimum absolute atomic E-state index is 1.06. The van der Waals surface area contributed by atoms with Gasteiger partial charge >= 0.3 is 0 Å². The molecule has 1 heterocycles. The molecular weight excluding hydrogens is 134 g/mol. The van der Waals surface area contributed by atoms with E-state index in [9.17, 15) is 0 Å². The molecule has 0 saturated carbocycles. The molecule has 1 N–H and O–H groups in total. The van der Waals surface area contributed by atoms with E-state index in [1.165, 1.54) is 11.3 Å². The SMILES string of the molecule is C=Cc1[nH]c(C)c(C)c1C=C. The van der Waals surface area contributed by atoms with E-state index < -0.39 is 0 Å². The van der Waals surface area contributed by atoms with E-state index >= 15 is 0 Å². The highest BCUT2D eigenvalue weighted by atomic mass is 14.7. The highest BCUT2D eigenvalue weighted by molar-refractivity contribution is 5.65. The van der Waals surface area contributed by atoms with Crippen LogP contribution in [0.1, 0.15) is 22.5 Å². The van der Waals surface area contributed by atoms with E-state index in [4.69, 9.17) is 0 Å². The number of nitrogens with one attached hydrogen (secondary N) is 1. The molecule has 1 heteroatoms. The van der Waals surface area contributed by atoms with Crippen LogP contribution in [0.4, 0.5) is 0 Å².